The van der Waals surface area contributed by atoms with E-state index in [4.69, 9.17) is 15.2 Å². The van der Waals surface area contributed by atoms with E-state index >= 15 is 0 Å². The summed E-state index contributed by atoms with van der Waals surface area (Å²) in [6, 6.07) is 12.7. The summed E-state index contributed by atoms with van der Waals surface area (Å²) >= 11 is 0. The van der Waals surface area contributed by atoms with Crippen LogP contribution in [0.2, 0.25) is 0 Å². The van der Waals surface area contributed by atoms with Gasteiger partial charge in [0.2, 0.25) is 5.91 Å². The molecule has 0 aromatic heterocycles. The summed E-state index contributed by atoms with van der Waals surface area (Å²) < 4.78 is 10.8. The maximum Gasteiger partial charge on any atom is 0.228 e. The normalized spacial score (nSPS) is 10.0. The Balaban J connectivity index is 0.00000288. The molecule has 2 aromatic rings. The lowest BCUT2D eigenvalue weighted by Gasteiger charge is -2.12. The molecule has 0 bridgehead atoms. The molecule has 5 nitrogen and oxygen atoms in total. The second-order valence-corrected chi connectivity index (χ2v) is 5.49. The first-order valence-electron chi connectivity index (χ1n) is 7.47. The van der Waals surface area contributed by atoms with Gasteiger partial charge < -0.3 is 20.5 Å². The van der Waals surface area contributed by atoms with Crippen LogP contribution in [0.25, 0.3) is 0 Å². The van der Waals surface area contributed by atoms with Crippen molar-refractivity contribution < 1.29 is 14.3 Å². The van der Waals surface area contributed by atoms with Crippen LogP contribution in [-0.2, 0) is 11.2 Å². The smallest absolute Gasteiger partial charge is 0.228 e. The fourth-order valence-corrected chi connectivity index (χ4v) is 2.15. The first-order valence-corrected chi connectivity index (χ1v) is 7.47. The average Bonchev–Trinajstić information content (AvgIpc) is 2.49. The highest BCUT2D eigenvalue weighted by Gasteiger charge is 2.09. The van der Waals surface area contributed by atoms with Gasteiger partial charge in [-0.1, -0.05) is 12.1 Å². The van der Waals surface area contributed by atoms with E-state index in [0.717, 1.165) is 11.3 Å². The van der Waals surface area contributed by atoms with Gasteiger partial charge in [0.15, 0.2) is 0 Å². The molecule has 3 N–H and O–H groups in total. The van der Waals surface area contributed by atoms with Crippen molar-refractivity contribution in [2.24, 2.45) is 0 Å². The minimum Gasteiger partial charge on any atom is -0.497 e. The zero-order valence-electron chi connectivity index (χ0n) is 14.0. The van der Waals surface area contributed by atoms with E-state index in [1.54, 1.807) is 25.3 Å². The third-order valence-electron chi connectivity index (χ3n) is 3.17. The van der Waals surface area contributed by atoms with E-state index in [9.17, 15) is 4.79 Å². The molecule has 24 heavy (non-hydrogen) atoms. The Hall–Kier alpha value is -2.40. The molecule has 6 heteroatoms. The number of hydrogen-bond donors (Lipinski definition) is 2. The lowest BCUT2D eigenvalue weighted by molar-refractivity contribution is -0.115. The Morgan fingerprint density at radius 2 is 1.92 bits per heavy atom. The number of rotatable bonds is 6. The number of anilines is 2. The minimum absolute atomic E-state index is 0. The molecule has 130 valence electrons. The molecular formula is C18H23ClN2O3. The van der Waals surface area contributed by atoms with Gasteiger partial charge in [-0.15, -0.1) is 12.4 Å². The molecular weight excluding hydrogens is 328 g/mol. The third kappa shape index (κ3) is 5.66. The van der Waals surface area contributed by atoms with Crippen LogP contribution in [0.3, 0.4) is 0 Å². The predicted octanol–water partition coefficient (Wildman–Crippen LogP) is 3.67. The summed E-state index contributed by atoms with van der Waals surface area (Å²) in [6.45, 7) is 3.93. The van der Waals surface area contributed by atoms with Gasteiger partial charge in [0.25, 0.3) is 0 Å². The van der Waals surface area contributed by atoms with E-state index in [-0.39, 0.29) is 30.8 Å². The van der Waals surface area contributed by atoms with Gasteiger partial charge in [-0.25, -0.2) is 0 Å². The van der Waals surface area contributed by atoms with Crippen molar-refractivity contribution in [3.63, 3.8) is 0 Å². The molecule has 0 aliphatic rings. The summed E-state index contributed by atoms with van der Waals surface area (Å²) in [6.07, 6.45) is 0.335. The van der Waals surface area contributed by atoms with E-state index in [1.807, 2.05) is 38.1 Å². The Kier molecular flexibility index (Phi) is 7.39. The topological polar surface area (TPSA) is 73.6 Å². The number of ether oxygens (including phenoxy) is 2. The number of halogens is 1. The fraction of sp³-hybridized carbons (Fsp3) is 0.278. The maximum absolute atomic E-state index is 12.2. The Morgan fingerprint density at radius 1 is 1.17 bits per heavy atom. The monoisotopic (exact) mass is 350 g/mol. The van der Waals surface area contributed by atoms with Gasteiger partial charge in [0.05, 0.1) is 31.0 Å². The van der Waals surface area contributed by atoms with Crippen LogP contribution in [0.5, 0.6) is 11.5 Å². The van der Waals surface area contributed by atoms with Crippen LogP contribution in [0, 0.1) is 0 Å². The van der Waals surface area contributed by atoms with Gasteiger partial charge >= 0.3 is 0 Å². The Bertz CT molecular complexity index is 690. The Labute approximate surface area is 148 Å². The zero-order chi connectivity index (χ0) is 16.8. The van der Waals surface area contributed by atoms with Gasteiger partial charge in [-0.05, 0) is 43.7 Å². The number of hydrogen-bond acceptors (Lipinski definition) is 4. The second kappa shape index (κ2) is 9.03. The SMILES string of the molecule is COc1ccc(N)c(NC(=O)Cc2cccc(OC(C)C)c2)c1.Cl. The summed E-state index contributed by atoms with van der Waals surface area (Å²) in [5.74, 6) is 1.25. The van der Waals surface area contributed by atoms with E-state index in [2.05, 4.69) is 5.32 Å². The molecule has 0 radical (unpaired) electrons. The molecule has 0 saturated heterocycles. The number of amides is 1. The molecule has 0 unspecified atom stereocenters. The second-order valence-electron chi connectivity index (χ2n) is 5.49. The highest BCUT2D eigenvalue weighted by Crippen LogP contribution is 2.24. The molecule has 0 aliphatic heterocycles. The van der Waals surface area contributed by atoms with Crippen molar-refractivity contribution in [2.75, 3.05) is 18.2 Å². The zero-order valence-corrected chi connectivity index (χ0v) is 14.9. The number of methoxy groups -OCH3 is 1. The summed E-state index contributed by atoms with van der Waals surface area (Å²) in [4.78, 5) is 12.2. The standard InChI is InChI=1S/C18H22N2O3.ClH/c1-12(2)23-15-6-4-5-13(9-15)10-18(21)20-17-11-14(22-3)7-8-16(17)19;/h4-9,11-12H,10,19H2,1-3H3,(H,20,21);1H. The van der Waals surface area contributed by atoms with Crippen LogP contribution in [-0.4, -0.2) is 19.1 Å². The first-order chi connectivity index (χ1) is 11.0. The van der Waals surface area contributed by atoms with Crippen molar-refractivity contribution in [1.29, 1.82) is 0 Å². The summed E-state index contributed by atoms with van der Waals surface area (Å²) in [5, 5.41) is 2.81. The minimum atomic E-state index is -0.147. The molecule has 0 fully saturated rings. The molecule has 0 heterocycles. The van der Waals surface area contributed by atoms with E-state index in [1.165, 1.54) is 0 Å². The third-order valence-corrected chi connectivity index (χ3v) is 3.17. The molecule has 2 aromatic carbocycles. The quantitative estimate of drug-likeness (QED) is 0.779. The fourth-order valence-electron chi connectivity index (χ4n) is 2.15. The van der Waals surface area contributed by atoms with Crippen molar-refractivity contribution >= 4 is 29.7 Å². The van der Waals surface area contributed by atoms with Crippen molar-refractivity contribution in [3.8, 4) is 11.5 Å². The Morgan fingerprint density at radius 3 is 2.58 bits per heavy atom. The number of carbonyl (C=O) groups excluding carboxylic acids is 1. The van der Waals surface area contributed by atoms with Crippen molar-refractivity contribution in [3.05, 3.63) is 48.0 Å². The van der Waals surface area contributed by atoms with Gasteiger partial charge in [0, 0.05) is 6.07 Å². The van der Waals surface area contributed by atoms with Gasteiger partial charge in [-0.2, -0.15) is 0 Å². The van der Waals surface area contributed by atoms with Gasteiger partial charge in [-0.3, -0.25) is 4.79 Å². The lowest BCUT2D eigenvalue weighted by atomic mass is 10.1. The van der Waals surface area contributed by atoms with Crippen molar-refractivity contribution in [2.45, 2.75) is 26.4 Å². The average molecular weight is 351 g/mol. The van der Waals surface area contributed by atoms with Gasteiger partial charge in [0.1, 0.15) is 11.5 Å². The number of nitrogens with two attached hydrogens (primary N) is 1. The largest absolute Gasteiger partial charge is 0.497 e. The highest BCUT2D eigenvalue weighted by molar-refractivity contribution is 5.95. The molecule has 0 atom stereocenters. The van der Waals surface area contributed by atoms with E-state index < -0.39 is 0 Å². The van der Waals surface area contributed by atoms with Crippen LogP contribution in [0.4, 0.5) is 11.4 Å². The number of carbonyl (C=O) groups is 1. The number of benzene rings is 2. The van der Waals surface area contributed by atoms with Crippen LogP contribution < -0.4 is 20.5 Å². The lowest BCUT2D eigenvalue weighted by Crippen LogP contribution is -2.15. The highest BCUT2D eigenvalue weighted by atomic mass is 35.5. The molecule has 1 amide bonds. The molecule has 0 aliphatic carbocycles. The summed E-state index contributed by atoms with van der Waals surface area (Å²) in [5.41, 5.74) is 7.79. The van der Waals surface area contributed by atoms with Crippen molar-refractivity contribution in [1.82, 2.24) is 0 Å². The van der Waals surface area contributed by atoms with Crippen LogP contribution in [0.15, 0.2) is 42.5 Å². The van der Waals surface area contributed by atoms with E-state index in [0.29, 0.717) is 17.1 Å². The predicted molar refractivity (Wildman–Crippen MR) is 99.2 cm³/mol. The molecule has 0 saturated carbocycles. The number of nitrogen functional groups attached to an aromatic ring is 1. The molecule has 0 spiro atoms. The van der Waals surface area contributed by atoms with Crippen LogP contribution in [0.1, 0.15) is 19.4 Å². The summed E-state index contributed by atoms with van der Waals surface area (Å²) in [7, 11) is 1.57. The molecule has 2 rings (SSSR count). The number of nitrogens with one attached hydrogen (secondary N) is 1. The first kappa shape index (κ1) is 19.6. The maximum atomic E-state index is 12.2. The van der Waals surface area contributed by atoms with Crippen LogP contribution >= 0.6 is 12.4 Å².